The number of nitrogens with zero attached hydrogens (tertiary/aromatic N) is 7. The van der Waals surface area contributed by atoms with Crippen LogP contribution in [0.2, 0.25) is 0 Å². The van der Waals surface area contributed by atoms with Crippen molar-refractivity contribution in [2.24, 2.45) is 0 Å². The van der Waals surface area contributed by atoms with E-state index in [-0.39, 0.29) is 56.6 Å². The van der Waals surface area contributed by atoms with Crippen molar-refractivity contribution in [1.29, 1.82) is 31.6 Å². The summed E-state index contributed by atoms with van der Waals surface area (Å²) in [6.45, 7) is 0. The van der Waals surface area contributed by atoms with Crippen LogP contribution in [0.25, 0.3) is 0 Å². The Morgan fingerprint density at radius 2 is 0.842 bits per heavy atom. The van der Waals surface area contributed by atoms with Gasteiger partial charge in [0.1, 0.15) is 0 Å². The second-order valence-electron chi connectivity index (χ2n) is 2.48. The summed E-state index contributed by atoms with van der Waals surface area (Å²) in [5, 5.41) is 63.5. The molecule has 0 saturated heterocycles. The fraction of sp³-hybridized carbons (Fsp3) is 0. The minimum Gasteiger partial charge on any atom is 1.00 e. The molecule has 9 nitrogen and oxygen atoms in total. The summed E-state index contributed by atoms with van der Waals surface area (Å²) >= 11 is 0. The number of hydrogen-bond donors (Lipinski definition) is 0. The van der Waals surface area contributed by atoms with Gasteiger partial charge < -0.3 is 0 Å². The van der Waals surface area contributed by atoms with E-state index in [0.717, 1.165) is 0 Å². The summed E-state index contributed by atoms with van der Waals surface area (Å²) in [6.07, 6.45) is 0. The van der Waals surface area contributed by atoms with Gasteiger partial charge in [-0.15, -0.1) is 0 Å². The van der Waals surface area contributed by atoms with Crippen LogP contribution in [-0.4, -0.2) is 3.94 Å². The summed E-state index contributed by atoms with van der Waals surface area (Å²) in [5.41, 5.74) is 0. The molecule has 0 aliphatic rings. The van der Waals surface area contributed by atoms with Gasteiger partial charge >= 0.3 is 142 Å². The van der Waals surface area contributed by atoms with Gasteiger partial charge in [0.15, 0.2) is 0 Å². The summed E-state index contributed by atoms with van der Waals surface area (Å²) in [4.78, 5) is 14.2. The maximum Gasteiger partial charge on any atom is 1.00 e. The van der Waals surface area contributed by atoms with Gasteiger partial charge in [0, 0.05) is 0 Å². The topological polar surface area (TPSA) is 186 Å². The molecular weight excluding hydrogens is 279 g/mol. The normalized spacial score (nSPS) is 13.1. The third kappa shape index (κ3) is 1.64. The van der Waals surface area contributed by atoms with Crippen molar-refractivity contribution < 1.29 is 70.4 Å². The predicted octanol–water partition coefficient (Wildman–Crippen LogP) is -9.16. The number of hydrogen-bond acceptors (Lipinski definition) is 8. The minimum absolute atomic E-state index is 0. The van der Waals surface area contributed by atoms with E-state index in [9.17, 15) is 10.1 Å². The van der Waals surface area contributed by atoms with Crippen molar-refractivity contribution >= 4 is 0 Å². The molecule has 0 N–H and O–H groups in total. The van der Waals surface area contributed by atoms with Crippen molar-refractivity contribution in [3.8, 4) is 29.8 Å². The predicted molar refractivity (Wildman–Crippen MR) is 40.7 cm³/mol. The van der Waals surface area contributed by atoms with Gasteiger partial charge in [-0.2, -0.15) is 0 Å². The zero-order valence-electron chi connectivity index (χ0n) is 10.3. The van der Waals surface area contributed by atoms with Crippen LogP contribution in [0, 0.1) is 71.5 Å². The van der Waals surface area contributed by atoms with Crippen molar-refractivity contribution in [3.05, 3.63) is 10.1 Å². The first-order valence-electron chi connectivity index (χ1n) is 2.93. The smallest absolute Gasteiger partial charge is 1.00 e. The van der Waals surface area contributed by atoms with E-state index in [1.54, 1.807) is 0 Å². The third-order valence-electron chi connectivity index (χ3n) is 1.79. The molecule has 19 heavy (non-hydrogen) atoms. The molecule has 0 spiro atoms. The zero-order chi connectivity index (χ0) is 13.2. The Hall–Kier alpha value is -1.35. The largest absolute Gasteiger partial charge is 1.00 e. The number of nitro groups is 1. The first-order chi connectivity index (χ1) is 7.22. The fourth-order valence-electron chi connectivity index (χ4n) is 0.438. The Morgan fingerprint density at radius 1 is 0.684 bits per heavy atom. The van der Waals surface area contributed by atoms with Crippen LogP contribution in [0.3, 0.4) is 0 Å². The molecule has 0 rings (SSSR count). The molecule has 0 saturated carbocycles. The molecule has 0 aromatic heterocycles. The molecule has 0 radical (unpaired) electrons. The van der Waals surface area contributed by atoms with Crippen LogP contribution in [-0.2, 0) is 9.90 Å². The molecule has 0 bridgehead atoms. The van der Waals surface area contributed by atoms with E-state index >= 15 is 0 Å². The molecule has 82 valence electrons. The molecule has 0 amide bonds. The van der Waals surface area contributed by atoms with Gasteiger partial charge in [-0.1, -0.05) is 0 Å². The first-order valence-corrected chi connectivity index (χ1v) is 6.73. The molecule has 0 aliphatic carbocycles. The minimum atomic E-state index is -8.25. The van der Waals surface area contributed by atoms with E-state index in [0.29, 0.717) is 29.8 Å². The molecule has 0 atom stereocenters. The summed E-state index contributed by atoms with van der Waals surface area (Å²) in [5.74, 6) is 0. The first kappa shape index (κ1) is 26.3. The second-order valence-corrected chi connectivity index (χ2v) is 9.98. The van der Waals surface area contributed by atoms with E-state index in [2.05, 4.69) is 0 Å². The van der Waals surface area contributed by atoms with Gasteiger partial charge in [-0.25, -0.2) is 0 Å². The summed E-state index contributed by atoms with van der Waals surface area (Å²) < 4.78 is -1.94. The van der Waals surface area contributed by atoms with E-state index < -0.39 is 13.8 Å². The third-order valence-corrected chi connectivity index (χ3v) is 7.36. The van der Waals surface area contributed by atoms with Crippen LogP contribution in [0.5, 0.6) is 0 Å². The molecule has 0 heterocycles. The average molecular weight is 279 g/mol. The standard InChI is InChI=1S/6CN.Fe.3Li.NO2/c6*1-2;;;;;2-1-3/q;;;;;;-3;3*+1;. The Morgan fingerprint density at radius 3 is 0.842 bits per heavy atom. The van der Waals surface area contributed by atoms with Gasteiger partial charge in [0.2, 0.25) is 0 Å². The fourth-order valence-corrected chi connectivity index (χ4v) is 1.81. The van der Waals surface area contributed by atoms with Crippen LogP contribution in [0.1, 0.15) is 0 Å². The van der Waals surface area contributed by atoms with Crippen molar-refractivity contribution in [1.82, 2.24) is 0 Å². The maximum absolute atomic E-state index is 10.9. The second kappa shape index (κ2) is 4.97. The van der Waals surface area contributed by atoms with Crippen LogP contribution < -0.4 is 56.6 Å². The van der Waals surface area contributed by atoms with Crippen LogP contribution >= 0.6 is 0 Å². The van der Waals surface area contributed by atoms with Gasteiger partial charge in [-0.3, -0.25) is 0 Å². The van der Waals surface area contributed by atoms with Gasteiger partial charge in [0.25, 0.3) is 0 Å². The number of rotatable bonds is 1. The van der Waals surface area contributed by atoms with E-state index in [1.807, 2.05) is 0 Å². The molecule has 0 aromatic carbocycles. The Labute approximate surface area is 141 Å². The molecule has 13 heteroatoms. The van der Waals surface area contributed by atoms with Crippen LogP contribution in [0.4, 0.5) is 0 Å². The van der Waals surface area contributed by atoms with Crippen LogP contribution in [0.15, 0.2) is 0 Å². The quantitative estimate of drug-likeness (QED) is 0.257. The summed E-state index contributed by atoms with van der Waals surface area (Å²) in [7, 11) is -8.25. The van der Waals surface area contributed by atoms with E-state index in [4.69, 9.17) is 31.6 Å². The average Bonchev–Trinajstić information content (AvgIpc) is 2.37. The maximum atomic E-state index is 10.9. The summed E-state index contributed by atoms with van der Waals surface area (Å²) in [6, 6.07) is 0. The molecular formula is C6FeLi3N7O2. The SMILES string of the molecule is N#[C][Fe-3]([C]#N)([C]#N)([C]#N)([C]#N)([C]#N)[N+](=O)[O-].[Li+].[Li+].[Li+]. The van der Waals surface area contributed by atoms with Crippen molar-refractivity contribution in [3.63, 3.8) is 0 Å². The molecule has 0 fully saturated rings. The van der Waals surface area contributed by atoms with E-state index in [1.165, 1.54) is 0 Å². The Balaban J connectivity index is -0.000000375. The van der Waals surface area contributed by atoms with Gasteiger partial charge in [-0.05, 0) is 0 Å². The Bertz CT molecular complexity index is 564. The Kier molecular flexibility index (Phi) is 6.87. The zero-order valence-corrected chi connectivity index (χ0v) is 11.4. The number of nitriles is 6. The monoisotopic (exact) mass is 279 g/mol. The van der Waals surface area contributed by atoms with Crippen molar-refractivity contribution in [2.75, 3.05) is 0 Å². The molecule has 0 aromatic rings. The molecule has 0 aliphatic heterocycles. The molecule has 0 unspecified atom stereocenters. The van der Waals surface area contributed by atoms with Gasteiger partial charge in [0.05, 0.1) is 0 Å². The van der Waals surface area contributed by atoms with Crippen molar-refractivity contribution in [2.45, 2.75) is 0 Å².